The van der Waals surface area contributed by atoms with Crippen LogP contribution in [-0.4, -0.2) is 33.5 Å². The first kappa shape index (κ1) is 20.6. The molecule has 1 aromatic carbocycles. The summed E-state index contributed by atoms with van der Waals surface area (Å²) in [5.74, 6) is -0.0666. The summed E-state index contributed by atoms with van der Waals surface area (Å²) in [4.78, 5) is 14.4. The molecule has 128 valence electrons. The van der Waals surface area contributed by atoms with E-state index in [0.29, 0.717) is 10.0 Å². The van der Waals surface area contributed by atoms with E-state index in [-0.39, 0.29) is 17.2 Å². The van der Waals surface area contributed by atoms with Crippen LogP contribution in [0.5, 0.6) is 0 Å². The van der Waals surface area contributed by atoms with Gasteiger partial charge in [-0.1, -0.05) is 53.2 Å². The predicted octanol–water partition coefficient (Wildman–Crippen LogP) is 4.92. The van der Waals surface area contributed by atoms with Gasteiger partial charge < -0.3 is 10.2 Å². The first-order valence-electron chi connectivity index (χ1n) is 7.51. The third-order valence-electron chi connectivity index (χ3n) is 3.46. The van der Waals surface area contributed by atoms with E-state index in [9.17, 15) is 4.79 Å². The van der Waals surface area contributed by atoms with E-state index in [4.69, 9.17) is 35.4 Å². The fraction of sp³-hybridized carbons (Fsp3) is 0.500. The summed E-state index contributed by atoms with van der Waals surface area (Å²) in [7, 11) is 0. The van der Waals surface area contributed by atoms with Gasteiger partial charge in [0.1, 0.15) is 4.32 Å². The van der Waals surface area contributed by atoms with Gasteiger partial charge in [0.05, 0.1) is 11.3 Å². The molecule has 0 saturated heterocycles. The molecule has 0 heterocycles. The quantitative estimate of drug-likeness (QED) is 0.696. The first-order valence-corrected chi connectivity index (χ1v) is 9.55. The molecule has 0 saturated carbocycles. The fourth-order valence-corrected chi connectivity index (χ4v) is 4.17. The van der Waals surface area contributed by atoms with Crippen LogP contribution in [0.15, 0.2) is 18.2 Å². The van der Waals surface area contributed by atoms with Crippen molar-refractivity contribution in [3.8, 4) is 0 Å². The molecular weight excluding hydrogens is 371 g/mol. The Kier molecular flexibility index (Phi) is 8.69. The minimum atomic E-state index is -0.267. The monoisotopic (exact) mass is 392 g/mol. The average Bonchev–Trinajstić information content (AvgIpc) is 2.47. The summed E-state index contributed by atoms with van der Waals surface area (Å²) in [6.07, 6.45) is 0. The summed E-state index contributed by atoms with van der Waals surface area (Å²) >= 11 is 18.9. The van der Waals surface area contributed by atoms with Crippen molar-refractivity contribution in [1.29, 1.82) is 0 Å². The van der Waals surface area contributed by atoms with Crippen LogP contribution in [0.3, 0.4) is 0 Å². The minimum Gasteiger partial charge on any atom is -0.358 e. The summed E-state index contributed by atoms with van der Waals surface area (Å²) in [6, 6.07) is 5.07. The van der Waals surface area contributed by atoms with Crippen molar-refractivity contribution in [2.24, 2.45) is 0 Å². The van der Waals surface area contributed by atoms with Crippen LogP contribution in [-0.2, 0) is 4.79 Å². The lowest BCUT2D eigenvalue weighted by Crippen LogP contribution is -2.36. The predicted molar refractivity (Wildman–Crippen MR) is 106 cm³/mol. The zero-order chi connectivity index (χ0) is 17.6. The number of halogens is 2. The molecular formula is C16H22Cl2N2OS2. The number of rotatable bonds is 6. The Morgan fingerprint density at radius 3 is 2.43 bits per heavy atom. The molecule has 1 amide bonds. The standard InChI is InChI=1S/C16H22Cl2N2OS2/c1-5-20(6-2)16(22)23-11(4)15(21)19-10(3)13-8-7-12(17)9-14(13)18/h7-11H,5-6H2,1-4H3,(H,19,21)/t10-,11-/m1/s1. The number of thioether (sulfide) groups is 1. The first-order chi connectivity index (χ1) is 10.8. The lowest BCUT2D eigenvalue weighted by Gasteiger charge is -2.24. The van der Waals surface area contributed by atoms with E-state index >= 15 is 0 Å². The Labute approximate surface area is 158 Å². The van der Waals surface area contributed by atoms with Gasteiger partial charge in [-0.2, -0.15) is 0 Å². The largest absolute Gasteiger partial charge is 0.358 e. The molecule has 0 aliphatic rings. The van der Waals surface area contributed by atoms with Crippen molar-refractivity contribution >= 4 is 57.4 Å². The van der Waals surface area contributed by atoms with Gasteiger partial charge in [-0.3, -0.25) is 4.79 Å². The summed E-state index contributed by atoms with van der Waals surface area (Å²) in [5.41, 5.74) is 0.841. The van der Waals surface area contributed by atoms with Crippen LogP contribution >= 0.6 is 47.2 Å². The van der Waals surface area contributed by atoms with Crippen molar-refractivity contribution in [3.63, 3.8) is 0 Å². The van der Waals surface area contributed by atoms with Crippen LogP contribution < -0.4 is 5.32 Å². The number of nitrogens with one attached hydrogen (secondary N) is 1. The molecule has 0 bridgehead atoms. The summed E-state index contributed by atoms with van der Waals surface area (Å²) in [5, 5.41) is 3.82. The molecule has 3 nitrogen and oxygen atoms in total. The van der Waals surface area contributed by atoms with E-state index in [2.05, 4.69) is 10.2 Å². The topological polar surface area (TPSA) is 32.3 Å². The maximum absolute atomic E-state index is 12.4. The molecule has 0 radical (unpaired) electrons. The highest BCUT2D eigenvalue weighted by molar-refractivity contribution is 8.23. The van der Waals surface area contributed by atoms with Gasteiger partial charge in [0.25, 0.3) is 0 Å². The van der Waals surface area contributed by atoms with Gasteiger partial charge >= 0.3 is 0 Å². The van der Waals surface area contributed by atoms with Crippen LogP contribution in [0.2, 0.25) is 10.0 Å². The molecule has 23 heavy (non-hydrogen) atoms. The molecule has 0 aliphatic heterocycles. The Balaban J connectivity index is 2.65. The Morgan fingerprint density at radius 2 is 1.91 bits per heavy atom. The Bertz CT molecular complexity index is 565. The third-order valence-corrected chi connectivity index (χ3v) is 5.59. The number of carbonyl (C=O) groups is 1. The molecule has 0 fully saturated rings. The highest BCUT2D eigenvalue weighted by Crippen LogP contribution is 2.26. The highest BCUT2D eigenvalue weighted by Gasteiger charge is 2.21. The SMILES string of the molecule is CCN(CC)C(=S)S[C@H](C)C(=O)N[C@H](C)c1ccc(Cl)cc1Cl. The van der Waals surface area contributed by atoms with Gasteiger partial charge in [0.2, 0.25) is 5.91 Å². The normalized spacial score (nSPS) is 13.3. The maximum Gasteiger partial charge on any atom is 0.233 e. The fourth-order valence-electron chi connectivity index (χ4n) is 2.02. The Morgan fingerprint density at radius 1 is 1.30 bits per heavy atom. The number of amides is 1. The van der Waals surface area contributed by atoms with E-state index < -0.39 is 0 Å². The molecule has 0 aliphatic carbocycles. The number of carbonyl (C=O) groups excluding carboxylic acids is 1. The van der Waals surface area contributed by atoms with Gasteiger partial charge in [-0.25, -0.2) is 0 Å². The van der Waals surface area contributed by atoms with Gasteiger partial charge in [-0.05, 0) is 45.4 Å². The van der Waals surface area contributed by atoms with Gasteiger partial charge in [0.15, 0.2) is 0 Å². The molecule has 1 aromatic rings. The van der Waals surface area contributed by atoms with Crippen LogP contribution in [0.1, 0.15) is 39.3 Å². The number of benzene rings is 1. The minimum absolute atomic E-state index is 0.0666. The molecule has 0 spiro atoms. The zero-order valence-electron chi connectivity index (χ0n) is 13.7. The number of hydrogen-bond donors (Lipinski definition) is 1. The van der Waals surface area contributed by atoms with Crippen molar-refractivity contribution < 1.29 is 4.79 Å². The number of nitrogens with zero attached hydrogens (tertiary/aromatic N) is 1. The Hall–Kier alpha value is -0.490. The van der Waals surface area contributed by atoms with Crippen molar-refractivity contribution in [2.75, 3.05) is 13.1 Å². The van der Waals surface area contributed by atoms with Crippen LogP contribution in [0.25, 0.3) is 0 Å². The molecule has 7 heteroatoms. The number of hydrogen-bond acceptors (Lipinski definition) is 3. The number of thiocarbonyl (C=S) groups is 1. The molecule has 2 atom stereocenters. The van der Waals surface area contributed by atoms with Crippen molar-refractivity contribution in [3.05, 3.63) is 33.8 Å². The molecule has 1 N–H and O–H groups in total. The molecule has 1 rings (SSSR count). The average molecular weight is 393 g/mol. The van der Waals surface area contributed by atoms with E-state index in [1.54, 1.807) is 12.1 Å². The second-order valence-corrected chi connectivity index (χ2v) is 7.91. The summed E-state index contributed by atoms with van der Waals surface area (Å²) in [6.45, 7) is 9.53. The van der Waals surface area contributed by atoms with E-state index in [1.165, 1.54) is 11.8 Å². The van der Waals surface area contributed by atoms with Gasteiger partial charge in [0, 0.05) is 23.1 Å². The van der Waals surface area contributed by atoms with Gasteiger partial charge in [-0.15, -0.1) is 0 Å². The molecule has 0 aromatic heterocycles. The highest BCUT2D eigenvalue weighted by atomic mass is 35.5. The molecule has 0 unspecified atom stereocenters. The van der Waals surface area contributed by atoms with Crippen LogP contribution in [0, 0.1) is 0 Å². The second-order valence-electron chi connectivity index (χ2n) is 5.09. The van der Waals surface area contributed by atoms with E-state index in [0.717, 1.165) is 23.0 Å². The van der Waals surface area contributed by atoms with Crippen molar-refractivity contribution in [1.82, 2.24) is 10.2 Å². The second kappa shape index (κ2) is 9.72. The maximum atomic E-state index is 12.4. The smallest absolute Gasteiger partial charge is 0.233 e. The van der Waals surface area contributed by atoms with Crippen molar-refractivity contribution in [2.45, 2.75) is 39.0 Å². The third kappa shape index (κ3) is 6.14. The summed E-state index contributed by atoms with van der Waals surface area (Å²) < 4.78 is 0.745. The zero-order valence-corrected chi connectivity index (χ0v) is 16.9. The lowest BCUT2D eigenvalue weighted by molar-refractivity contribution is -0.120. The lowest BCUT2D eigenvalue weighted by atomic mass is 10.1. The van der Waals surface area contributed by atoms with E-state index in [1.807, 2.05) is 33.8 Å². The van der Waals surface area contributed by atoms with Crippen LogP contribution in [0.4, 0.5) is 0 Å².